The monoisotopic (exact) mass is 469 g/mol. The van der Waals surface area contributed by atoms with Crippen molar-refractivity contribution in [3.05, 3.63) is 63.6 Å². The second-order valence-corrected chi connectivity index (χ2v) is 7.13. The molecular formula is C18H17BrClN3O3S. The molecule has 0 aliphatic rings. The van der Waals surface area contributed by atoms with E-state index < -0.39 is 5.91 Å². The van der Waals surface area contributed by atoms with Crippen LogP contribution in [0.2, 0.25) is 5.02 Å². The van der Waals surface area contributed by atoms with Crippen LogP contribution in [0.3, 0.4) is 0 Å². The van der Waals surface area contributed by atoms with Gasteiger partial charge in [-0.1, -0.05) is 57.9 Å². The summed E-state index contributed by atoms with van der Waals surface area (Å²) in [5.74, 6) is -0.346. The Kier molecular flexibility index (Phi) is 8.50. The van der Waals surface area contributed by atoms with Crippen molar-refractivity contribution in [3.8, 4) is 5.75 Å². The lowest BCUT2D eigenvalue weighted by Gasteiger charge is -2.12. The molecule has 0 radical (unpaired) electrons. The number of carbonyl (C=O) groups is 2. The number of thiocarbonyl (C=S) groups is 1. The first-order valence-electron chi connectivity index (χ1n) is 7.94. The smallest absolute Gasteiger partial charge is 0.264 e. The molecule has 0 bridgehead atoms. The first-order chi connectivity index (χ1) is 12.9. The Bertz CT molecular complexity index is 821. The van der Waals surface area contributed by atoms with Crippen LogP contribution in [0.5, 0.6) is 5.75 Å². The number of nitrogens with one attached hydrogen (secondary N) is 3. The van der Waals surface area contributed by atoms with Gasteiger partial charge in [-0.05, 0) is 42.4 Å². The summed E-state index contributed by atoms with van der Waals surface area (Å²) < 4.78 is 6.13. The van der Waals surface area contributed by atoms with Crippen molar-refractivity contribution in [2.24, 2.45) is 0 Å². The van der Waals surface area contributed by atoms with Gasteiger partial charge in [-0.15, -0.1) is 0 Å². The number of amides is 2. The summed E-state index contributed by atoms with van der Waals surface area (Å²) in [5, 5.41) is 2.75. The summed E-state index contributed by atoms with van der Waals surface area (Å²) in [6, 6.07) is 14.7. The molecule has 2 aromatic carbocycles. The molecule has 2 amide bonds. The van der Waals surface area contributed by atoms with Crippen molar-refractivity contribution < 1.29 is 14.3 Å². The largest absolute Gasteiger partial charge is 0.482 e. The molecule has 0 aromatic heterocycles. The van der Waals surface area contributed by atoms with Gasteiger partial charge < -0.3 is 4.74 Å². The fraction of sp³-hybridized carbons (Fsp3) is 0.167. The van der Waals surface area contributed by atoms with Crippen LogP contribution >= 0.6 is 39.7 Å². The van der Waals surface area contributed by atoms with Crippen molar-refractivity contribution in [1.29, 1.82) is 0 Å². The van der Waals surface area contributed by atoms with Gasteiger partial charge in [0.1, 0.15) is 5.75 Å². The van der Waals surface area contributed by atoms with E-state index in [-0.39, 0.29) is 17.6 Å². The van der Waals surface area contributed by atoms with Crippen LogP contribution < -0.4 is 20.9 Å². The average Bonchev–Trinajstić information content (AvgIpc) is 2.65. The Balaban J connectivity index is 1.65. The molecule has 27 heavy (non-hydrogen) atoms. The van der Waals surface area contributed by atoms with E-state index in [0.717, 1.165) is 10.0 Å². The third-order valence-electron chi connectivity index (χ3n) is 3.30. The van der Waals surface area contributed by atoms with Gasteiger partial charge in [-0.25, -0.2) is 0 Å². The second kappa shape index (κ2) is 10.9. The Morgan fingerprint density at radius 2 is 1.81 bits per heavy atom. The van der Waals surface area contributed by atoms with Gasteiger partial charge in [0.15, 0.2) is 11.7 Å². The molecule has 6 nitrogen and oxygen atoms in total. The number of hydrogen-bond donors (Lipinski definition) is 3. The zero-order valence-corrected chi connectivity index (χ0v) is 17.3. The summed E-state index contributed by atoms with van der Waals surface area (Å²) in [5.41, 5.74) is 5.98. The summed E-state index contributed by atoms with van der Waals surface area (Å²) in [6.07, 6.45) is 0.897. The quantitative estimate of drug-likeness (QED) is 0.446. The minimum atomic E-state index is -0.481. The second-order valence-electron chi connectivity index (χ2n) is 5.40. The molecule has 2 rings (SSSR count). The van der Waals surface area contributed by atoms with Crippen LogP contribution in [-0.2, 0) is 16.0 Å². The number of hydrogen-bond acceptors (Lipinski definition) is 4. The molecule has 0 aliphatic heterocycles. The lowest BCUT2D eigenvalue weighted by Crippen LogP contribution is -2.49. The summed E-state index contributed by atoms with van der Waals surface area (Å²) in [7, 11) is 0. The van der Waals surface area contributed by atoms with Crippen LogP contribution in [-0.4, -0.2) is 23.5 Å². The highest BCUT2D eigenvalue weighted by atomic mass is 79.9. The van der Waals surface area contributed by atoms with E-state index >= 15 is 0 Å². The third kappa shape index (κ3) is 7.94. The lowest BCUT2D eigenvalue weighted by atomic mass is 10.1. The van der Waals surface area contributed by atoms with Gasteiger partial charge in [0.05, 0.1) is 5.02 Å². The minimum Gasteiger partial charge on any atom is -0.482 e. The van der Waals surface area contributed by atoms with Crippen LogP contribution in [0.25, 0.3) is 0 Å². The number of carbonyl (C=O) groups excluding carboxylic acids is 2. The highest BCUT2D eigenvalue weighted by Gasteiger charge is 2.09. The van der Waals surface area contributed by atoms with Gasteiger partial charge >= 0.3 is 0 Å². The zero-order valence-electron chi connectivity index (χ0n) is 14.1. The van der Waals surface area contributed by atoms with Gasteiger partial charge in [-0.3, -0.25) is 25.8 Å². The molecule has 0 saturated heterocycles. The van der Waals surface area contributed by atoms with Crippen molar-refractivity contribution >= 4 is 56.7 Å². The molecule has 0 spiro atoms. The van der Waals surface area contributed by atoms with E-state index in [1.54, 1.807) is 18.2 Å². The van der Waals surface area contributed by atoms with E-state index in [1.165, 1.54) is 0 Å². The molecule has 0 saturated carbocycles. The number of rotatable bonds is 6. The number of benzene rings is 2. The predicted molar refractivity (Wildman–Crippen MR) is 111 cm³/mol. The molecular weight excluding hydrogens is 454 g/mol. The molecule has 9 heteroatoms. The van der Waals surface area contributed by atoms with Gasteiger partial charge in [0, 0.05) is 10.9 Å². The minimum absolute atomic E-state index is 0.0291. The molecule has 142 valence electrons. The van der Waals surface area contributed by atoms with Crippen LogP contribution in [0.1, 0.15) is 12.0 Å². The highest BCUT2D eigenvalue weighted by Crippen LogP contribution is 2.27. The summed E-state index contributed by atoms with van der Waals surface area (Å²) in [6.45, 7) is -0.273. The Labute approximate surface area is 175 Å². The SMILES string of the molecule is O=C(CCc1ccccc1)NNC(=S)NC(=O)COc1ccc(Br)cc1Cl. The molecule has 0 unspecified atom stereocenters. The third-order valence-corrected chi connectivity index (χ3v) is 4.30. The van der Waals surface area contributed by atoms with E-state index in [9.17, 15) is 9.59 Å². The van der Waals surface area contributed by atoms with E-state index in [4.69, 9.17) is 28.6 Å². The molecule has 0 fully saturated rings. The fourth-order valence-corrected chi connectivity index (χ4v) is 2.91. The first kappa shape index (κ1) is 21.1. The van der Waals surface area contributed by atoms with Crippen molar-refractivity contribution in [3.63, 3.8) is 0 Å². The number of ether oxygens (including phenoxy) is 1. The maximum Gasteiger partial charge on any atom is 0.264 e. The maximum absolute atomic E-state index is 11.8. The van der Waals surface area contributed by atoms with Gasteiger partial charge in [-0.2, -0.15) is 0 Å². The topological polar surface area (TPSA) is 79.5 Å². The molecule has 0 heterocycles. The normalized spacial score (nSPS) is 10.0. The molecule has 3 N–H and O–H groups in total. The van der Waals surface area contributed by atoms with Crippen molar-refractivity contribution in [2.45, 2.75) is 12.8 Å². The standard InChI is InChI=1S/C18H17BrClN3O3S/c19-13-7-8-15(14(20)10-13)26-11-17(25)21-18(27)23-22-16(24)9-6-12-4-2-1-3-5-12/h1-5,7-8,10H,6,9,11H2,(H,22,24)(H2,21,23,25,27). The van der Waals surface area contributed by atoms with Gasteiger partial charge in [0.2, 0.25) is 5.91 Å². The highest BCUT2D eigenvalue weighted by molar-refractivity contribution is 9.10. The first-order valence-corrected chi connectivity index (χ1v) is 9.52. The Hall–Kier alpha value is -2.16. The average molecular weight is 471 g/mol. The Morgan fingerprint density at radius 1 is 1.07 bits per heavy atom. The maximum atomic E-state index is 11.8. The predicted octanol–water partition coefficient (Wildman–Crippen LogP) is 3.14. The van der Waals surface area contributed by atoms with Crippen LogP contribution in [0.4, 0.5) is 0 Å². The van der Waals surface area contributed by atoms with E-state index in [2.05, 4.69) is 32.1 Å². The van der Waals surface area contributed by atoms with Crippen LogP contribution in [0, 0.1) is 0 Å². The van der Waals surface area contributed by atoms with E-state index in [0.29, 0.717) is 23.6 Å². The number of halogens is 2. The van der Waals surface area contributed by atoms with Gasteiger partial charge in [0.25, 0.3) is 5.91 Å². The molecule has 2 aromatic rings. The zero-order chi connectivity index (χ0) is 19.6. The van der Waals surface area contributed by atoms with Crippen molar-refractivity contribution in [1.82, 2.24) is 16.2 Å². The number of hydrazine groups is 1. The molecule has 0 atom stereocenters. The number of aryl methyl sites for hydroxylation is 1. The fourth-order valence-electron chi connectivity index (χ4n) is 2.02. The Morgan fingerprint density at radius 3 is 2.52 bits per heavy atom. The summed E-state index contributed by atoms with van der Waals surface area (Å²) in [4.78, 5) is 23.6. The lowest BCUT2D eigenvalue weighted by molar-refractivity contribution is -0.123. The van der Waals surface area contributed by atoms with Crippen molar-refractivity contribution in [2.75, 3.05) is 6.61 Å². The van der Waals surface area contributed by atoms with Crippen LogP contribution in [0.15, 0.2) is 53.0 Å². The molecule has 0 aliphatic carbocycles. The van der Waals surface area contributed by atoms with E-state index in [1.807, 2.05) is 30.3 Å². The summed E-state index contributed by atoms with van der Waals surface area (Å²) >= 11 is 14.2.